The number of nitrogens with one attached hydrogen (secondary N) is 1. The molecule has 0 bridgehead atoms. The van der Waals surface area contributed by atoms with Gasteiger partial charge in [-0.05, 0) is 29.3 Å². The topological polar surface area (TPSA) is 63.1 Å². The van der Waals surface area contributed by atoms with Crippen LogP contribution in [0, 0.1) is 6.92 Å². The molecule has 0 aliphatic heterocycles. The van der Waals surface area contributed by atoms with E-state index in [0.29, 0.717) is 5.65 Å². The van der Waals surface area contributed by atoms with Gasteiger partial charge in [-0.15, -0.1) is 0 Å². The van der Waals surface area contributed by atoms with Crippen molar-refractivity contribution >= 4 is 21.6 Å². The molecule has 0 amide bonds. The van der Waals surface area contributed by atoms with E-state index in [4.69, 9.17) is 0 Å². The molecule has 0 fully saturated rings. The lowest BCUT2D eigenvalue weighted by atomic mass is 10.2. The van der Waals surface area contributed by atoms with Crippen LogP contribution >= 0.6 is 15.9 Å². The second kappa shape index (κ2) is 3.77. The van der Waals surface area contributed by atoms with Crippen LogP contribution in [0.15, 0.2) is 9.27 Å². The zero-order chi connectivity index (χ0) is 11.0. The van der Waals surface area contributed by atoms with E-state index in [1.165, 1.54) is 0 Å². The van der Waals surface area contributed by atoms with Crippen LogP contribution in [0.25, 0.3) is 5.65 Å². The predicted octanol–water partition coefficient (Wildman–Crippen LogP) is 1.44. The molecule has 0 saturated carbocycles. The smallest absolute Gasteiger partial charge is 0.244 e. The average Bonchev–Trinajstić information content (AvgIpc) is 2.57. The van der Waals surface area contributed by atoms with E-state index in [0.717, 1.165) is 28.8 Å². The van der Waals surface area contributed by atoms with Crippen molar-refractivity contribution in [1.29, 1.82) is 0 Å². The monoisotopic (exact) mass is 270 g/mol. The number of fused-ring (bicyclic) bond motifs is 1. The van der Waals surface area contributed by atoms with E-state index in [-0.39, 0.29) is 5.69 Å². The number of hydrogen-bond acceptors (Lipinski definition) is 3. The summed E-state index contributed by atoms with van der Waals surface area (Å²) in [6.07, 6.45) is 1.88. The highest BCUT2D eigenvalue weighted by Crippen LogP contribution is 2.20. The summed E-state index contributed by atoms with van der Waals surface area (Å²) in [7, 11) is 0. The Morgan fingerprint density at radius 2 is 2.20 bits per heavy atom. The third-order valence-corrected chi connectivity index (χ3v) is 3.00. The van der Waals surface area contributed by atoms with Gasteiger partial charge in [-0.3, -0.25) is 0 Å². The minimum Gasteiger partial charge on any atom is -0.244 e. The molecule has 0 unspecified atom stereocenters. The zero-order valence-electron chi connectivity index (χ0n) is 8.54. The Morgan fingerprint density at radius 3 is 2.87 bits per heavy atom. The molecule has 1 N–H and O–H groups in total. The van der Waals surface area contributed by atoms with Crippen molar-refractivity contribution in [3.63, 3.8) is 0 Å². The van der Waals surface area contributed by atoms with Crippen molar-refractivity contribution in [1.82, 2.24) is 19.6 Å². The van der Waals surface area contributed by atoms with Gasteiger partial charge in [0.05, 0.1) is 10.2 Å². The lowest BCUT2D eigenvalue weighted by Gasteiger charge is -2.05. The summed E-state index contributed by atoms with van der Waals surface area (Å²) in [5, 5.41) is 2.59. The summed E-state index contributed by atoms with van der Waals surface area (Å²) in [5.74, 6) is 0.742. The molecule has 0 aromatic carbocycles. The summed E-state index contributed by atoms with van der Waals surface area (Å²) >= 11 is 3.43. The SMILES string of the molecule is CCCc1nc(C)n2[nH]c(=O)nc2c1Br. The summed E-state index contributed by atoms with van der Waals surface area (Å²) in [6, 6.07) is 0. The highest BCUT2D eigenvalue weighted by Gasteiger charge is 2.11. The number of aryl methyl sites for hydroxylation is 2. The van der Waals surface area contributed by atoms with Gasteiger partial charge in [-0.1, -0.05) is 13.3 Å². The Balaban J connectivity index is 2.77. The first-order chi connectivity index (χ1) is 7.13. The second-order valence-corrected chi connectivity index (χ2v) is 4.15. The summed E-state index contributed by atoms with van der Waals surface area (Å²) < 4.78 is 2.39. The summed E-state index contributed by atoms with van der Waals surface area (Å²) in [4.78, 5) is 19.4. The van der Waals surface area contributed by atoms with Gasteiger partial charge >= 0.3 is 5.69 Å². The Kier molecular flexibility index (Phi) is 2.60. The molecule has 5 nitrogen and oxygen atoms in total. The van der Waals surface area contributed by atoms with Gasteiger partial charge < -0.3 is 0 Å². The molecule has 2 aromatic rings. The summed E-state index contributed by atoms with van der Waals surface area (Å²) in [6.45, 7) is 3.93. The van der Waals surface area contributed by atoms with Crippen LogP contribution in [0.3, 0.4) is 0 Å². The average molecular weight is 271 g/mol. The van der Waals surface area contributed by atoms with Crippen molar-refractivity contribution in [3.05, 3.63) is 26.5 Å². The molecule has 2 rings (SSSR count). The van der Waals surface area contributed by atoms with E-state index in [2.05, 4.69) is 37.9 Å². The molecule has 80 valence electrons. The fourth-order valence-electron chi connectivity index (χ4n) is 1.53. The number of hydrogen-bond donors (Lipinski definition) is 1. The maximum atomic E-state index is 11.1. The maximum absolute atomic E-state index is 11.1. The molecule has 0 spiro atoms. The van der Waals surface area contributed by atoms with Gasteiger partial charge in [0.2, 0.25) is 0 Å². The third kappa shape index (κ3) is 1.69. The van der Waals surface area contributed by atoms with Crippen molar-refractivity contribution in [3.8, 4) is 0 Å². The number of H-pyrrole nitrogens is 1. The molecule has 0 radical (unpaired) electrons. The first-order valence-electron chi connectivity index (χ1n) is 4.77. The summed E-state index contributed by atoms with van der Waals surface area (Å²) in [5.41, 5.74) is 1.20. The van der Waals surface area contributed by atoms with E-state index in [9.17, 15) is 4.79 Å². The normalized spacial score (nSPS) is 11.1. The van der Waals surface area contributed by atoms with Gasteiger partial charge in [0.25, 0.3) is 0 Å². The molecular formula is C9H11BrN4O. The quantitative estimate of drug-likeness (QED) is 0.898. The highest BCUT2D eigenvalue weighted by atomic mass is 79.9. The maximum Gasteiger partial charge on any atom is 0.362 e. The van der Waals surface area contributed by atoms with Gasteiger partial charge in [0.15, 0.2) is 5.65 Å². The van der Waals surface area contributed by atoms with E-state index >= 15 is 0 Å². The zero-order valence-corrected chi connectivity index (χ0v) is 10.1. The van der Waals surface area contributed by atoms with Crippen LogP contribution in [-0.2, 0) is 6.42 Å². The number of aromatic nitrogens is 4. The predicted molar refractivity (Wildman–Crippen MR) is 60.0 cm³/mol. The van der Waals surface area contributed by atoms with Crippen LogP contribution in [0.1, 0.15) is 24.9 Å². The fourth-order valence-corrected chi connectivity index (χ4v) is 2.08. The third-order valence-electron chi connectivity index (χ3n) is 2.18. The van der Waals surface area contributed by atoms with Crippen LogP contribution in [-0.4, -0.2) is 19.6 Å². The van der Waals surface area contributed by atoms with Crippen LogP contribution < -0.4 is 5.69 Å². The van der Waals surface area contributed by atoms with E-state index < -0.39 is 0 Å². The second-order valence-electron chi connectivity index (χ2n) is 3.36. The molecule has 0 aliphatic carbocycles. The fraction of sp³-hybridized carbons (Fsp3) is 0.444. The lowest BCUT2D eigenvalue weighted by molar-refractivity contribution is 0.798. The molecule has 0 saturated heterocycles. The molecule has 2 aromatic heterocycles. The highest BCUT2D eigenvalue weighted by molar-refractivity contribution is 9.10. The molecule has 0 atom stereocenters. The van der Waals surface area contributed by atoms with Gasteiger partial charge in [-0.25, -0.2) is 19.4 Å². The van der Waals surface area contributed by atoms with Crippen molar-refractivity contribution in [2.45, 2.75) is 26.7 Å². The van der Waals surface area contributed by atoms with Crippen LogP contribution in [0.4, 0.5) is 0 Å². The van der Waals surface area contributed by atoms with Gasteiger partial charge in [-0.2, -0.15) is 4.98 Å². The van der Waals surface area contributed by atoms with E-state index in [1.807, 2.05) is 6.92 Å². The number of halogens is 1. The van der Waals surface area contributed by atoms with Crippen LogP contribution in [0.5, 0.6) is 0 Å². The molecule has 6 heteroatoms. The number of aromatic amines is 1. The molecule has 2 heterocycles. The molecule has 0 aliphatic rings. The minimum atomic E-state index is -0.353. The first-order valence-corrected chi connectivity index (χ1v) is 5.56. The standard InChI is InChI=1S/C9H11BrN4O/c1-3-4-6-7(10)8-12-9(15)13-14(8)5(2)11-6/h3-4H2,1-2H3,(H,13,15). The molecule has 15 heavy (non-hydrogen) atoms. The Hall–Kier alpha value is -1.17. The first kappa shape index (κ1) is 10.4. The van der Waals surface area contributed by atoms with Crippen LogP contribution in [0.2, 0.25) is 0 Å². The van der Waals surface area contributed by atoms with Crippen molar-refractivity contribution in [2.24, 2.45) is 0 Å². The van der Waals surface area contributed by atoms with Crippen molar-refractivity contribution in [2.75, 3.05) is 0 Å². The molecular weight excluding hydrogens is 260 g/mol. The lowest BCUT2D eigenvalue weighted by Crippen LogP contribution is -2.05. The Bertz CT molecular complexity index is 557. The Morgan fingerprint density at radius 1 is 1.47 bits per heavy atom. The largest absolute Gasteiger partial charge is 0.362 e. The minimum absolute atomic E-state index is 0.353. The van der Waals surface area contributed by atoms with Crippen molar-refractivity contribution < 1.29 is 0 Å². The van der Waals surface area contributed by atoms with E-state index in [1.54, 1.807) is 4.52 Å². The number of nitrogens with zero attached hydrogens (tertiary/aromatic N) is 3. The van der Waals surface area contributed by atoms with Gasteiger partial charge in [0.1, 0.15) is 5.82 Å². The Labute approximate surface area is 94.7 Å². The van der Waals surface area contributed by atoms with Gasteiger partial charge in [0, 0.05) is 0 Å². The number of rotatable bonds is 2.